The van der Waals surface area contributed by atoms with Crippen molar-refractivity contribution >= 4 is 21.7 Å². The van der Waals surface area contributed by atoms with E-state index in [1.54, 1.807) is 18.2 Å². The number of sulfonamides is 1. The minimum atomic E-state index is -3.95. The van der Waals surface area contributed by atoms with E-state index in [1.807, 2.05) is 0 Å². The summed E-state index contributed by atoms with van der Waals surface area (Å²) in [6.45, 7) is 3.64. The number of carbonyl (C=O) groups is 1. The average molecular weight is 391 g/mol. The third kappa shape index (κ3) is 4.22. The summed E-state index contributed by atoms with van der Waals surface area (Å²) in [7, 11) is 0.205. The second kappa shape index (κ2) is 8.59. The van der Waals surface area contributed by atoms with Gasteiger partial charge < -0.3 is 14.2 Å². The van der Waals surface area contributed by atoms with Crippen LogP contribution in [0.25, 0.3) is 0 Å². The highest BCUT2D eigenvalue weighted by Crippen LogP contribution is 2.32. The van der Waals surface area contributed by atoms with Crippen molar-refractivity contribution in [2.24, 2.45) is 0 Å². The monoisotopic (exact) mass is 391 g/mol. The summed E-state index contributed by atoms with van der Waals surface area (Å²) in [5.41, 5.74) is 0.555. The molecule has 0 spiro atoms. The molecule has 27 heavy (non-hydrogen) atoms. The van der Waals surface area contributed by atoms with Crippen LogP contribution in [0.15, 0.2) is 60.0 Å². The summed E-state index contributed by atoms with van der Waals surface area (Å²) in [6, 6.07) is 10.5. The molecule has 0 aliphatic rings. The zero-order chi connectivity index (χ0) is 20.0. The van der Waals surface area contributed by atoms with Gasteiger partial charge in [-0.2, -0.15) is 0 Å². The number of methoxy groups -OCH3 is 3. The van der Waals surface area contributed by atoms with E-state index in [2.05, 4.69) is 6.58 Å². The minimum Gasteiger partial charge on any atom is -0.493 e. The fourth-order valence-electron chi connectivity index (χ4n) is 2.47. The van der Waals surface area contributed by atoms with E-state index in [0.717, 1.165) is 4.31 Å². The molecule has 0 bridgehead atoms. The lowest BCUT2D eigenvalue weighted by Gasteiger charge is -2.24. The van der Waals surface area contributed by atoms with E-state index in [9.17, 15) is 13.2 Å². The first-order valence-corrected chi connectivity index (χ1v) is 9.37. The van der Waals surface area contributed by atoms with E-state index < -0.39 is 16.0 Å². The van der Waals surface area contributed by atoms with E-state index in [-0.39, 0.29) is 17.0 Å². The van der Waals surface area contributed by atoms with Crippen LogP contribution < -0.4 is 13.8 Å². The zero-order valence-corrected chi connectivity index (χ0v) is 16.2. The van der Waals surface area contributed by atoms with Gasteiger partial charge in [-0.15, -0.1) is 6.58 Å². The third-order valence-electron chi connectivity index (χ3n) is 3.79. The Balaban J connectivity index is 2.55. The van der Waals surface area contributed by atoms with E-state index in [1.165, 1.54) is 51.7 Å². The second-order valence-corrected chi connectivity index (χ2v) is 7.25. The predicted octanol–water partition coefficient (Wildman–Crippen LogP) is 2.87. The number of ether oxygens (including phenoxy) is 3. The van der Waals surface area contributed by atoms with Crippen LogP contribution >= 0.6 is 0 Å². The average Bonchev–Trinajstić information content (AvgIpc) is 2.70. The number of carbonyl (C=O) groups excluding carboxylic acids is 1. The van der Waals surface area contributed by atoms with Crippen LogP contribution in [-0.4, -0.2) is 42.3 Å². The van der Waals surface area contributed by atoms with Crippen LogP contribution in [0, 0.1) is 0 Å². The summed E-state index contributed by atoms with van der Waals surface area (Å²) in [4.78, 5) is 11.8. The Bertz CT molecular complexity index is 939. The van der Waals surface area contributed by atoms with Crippen LogP contribution in [0.2, 0.25) is 0 Å². The Labute approximate surface area is 158 Å². The van der Waals surface area contributed by atoms with Gasteiger partial charge in [0.05, 0.1) is 44.0 Å². The molecule has 0 heterocycles. The first kappa shape index (κ1) is 20.3. The lowest BCUT2D eigenvalue weighted by molar-refractivity contribution is 0.0600. The summed E-state index contributed by atoms with van der Waals surface area (Å²) in [6.07, 6.45) is 1.46. The summed E-state index contributed by atoms with van der Waals surface area (Å²) < 4.78 is 42.6. The van der Waals surface area contributed by atoms with Gasteiger partial charge >= 0.3 is 5.97 Å². The third-order valence-corrected chi connectivity index (χ3v) is 5.58. The quantitative estimate of drug-likeness (QED) is 0.508. The number of nitrogens with zero attached hydrogens (tertiary/aromatic N) is 1. The van der Waals surface area contributed by atoms with Gasteiger partial charge in [-0.3, -0.25) is 4.31 Å². The normalized spacial score (nSPS) is 10.8. The van der Waals surface area contributed by atoms with E-state index in [0.29, 0.717) is 17.2 Å². The van der Waals surface area contributed by atoms with Crippen LogP contribution in [-0.2, 0) is 14.8 Å². The second-order valence-electron chi connectivity index (χ2n) is 5.38. The van der Waals surface area contributed by atoms with Crippen LogP contribution in [0.1, 0.15) is 10.4 Å². The summed E-state index contributed by atoms with van der Waals surface area (Å²) in [5.74, 6) is 0.152. The highest BCUT2D eigenvalue weighted by molar-refractivity contribution is 7.92. The van der Waals surface area contributed by atoms with Gasteiger partial charge in [0.1, 0.15) is 0 Å². The fourth-order valence-corrected chi connectivity index (χ4v) is 3.91. The first-order chi connectivity index (χ1) is 12.9. The molecule has 0 saturated carbocycles. The van der Waals surface area contributed by atoms with Crippen molar-refractivity contribution in [1.82, 2.24) is 0 Å². The summed E-state index contributed by atoms with van der Waals surface area (Å²) >= 11 is 0. The van der Waals surface area contributed by atoms with Crippen molar-refractivity contribution in [2.75, 3.05) is 32.2 Å². The molecule has 0 unspecified atom stereocenters. The van der Waals surface area contributed by atoms with Gasteiger partial charge in [0, 0.05) is 6.07 Å². The molecule has 0 saturated heterocycles. The smallest absolute Gasteiger partial charge is 0.337 e. The molecule has 2 aromatic carbocycles. The molecule has 2 rings (SSSR count). The molecule has 0 aliphatic carbocycles. The standard InChI is InChI=1S/C19H21NO6S/c1-5-11-20(15-8-6-7-14(12-15)19(21)26-4)27(22,23)16-9-10-17(24-2)18(13-16)25-3/h5-10,12-13H,1,11H2,2-4H3. The van der Waals surface area contributed by atoms with Gasteiger partial charge in [-0.25, -0.2) is 13.2 Å². The molecule has 0 aromatic heterocycles. The molecule has 0 amide bonds. The summed E-state index contributed by atoms with van der Waals surface area (Å²) in [5, 5.41) is 0. The Morgan fingerprint density at radius 1 is 1.07 bits per heavy atom. The lowest BCUT2D eigenvalue weighted by Crippen LogP contribution is -2.31. The number of esters is 1. The van der Waals surface area contributed by atoms with Crippen LogP contribution in [0.4, 0.5) is 5.69 Å². The molecular formula is C19H21NO6S. The van der Waals surface area contributed by atoms with Crippen molar-refractivity contribution in [2.45, 2.75) is 4.90 Å². The molecule has 2 aromatic rings. The maximum atomic E-state index is 13.2. The molecule has 8 heteroatoms. The molecular weight excluding hydrogens is 370 g/mol. The van der Waals surface area contributed by atoms with Crippen LogP contribution in [0.3, 0.4) is 0 Å². The van der Waals surface area contributed by atoms with E-state index >= 15 is 0 Å². The Kier molecular flexibility index (Phi) is 6.46. The highest BCUT2D eigenvalue weighted by Gasteiger charge is 2.26. The van der Waals surface area contributed by atoms with Crippen molar-refractivity contribution in [3.8, 4) is 11.5 Å². The SMILES string of the molecule is C=CCN(c1cccc(C(=O)OC)c1)S(=O)(=O)c1ccc(OC)c(OC)c1. The van der Waals surface area contributed by atoms with Crippen molar-refractivity contribution in [3.05, 3.63) is 60.7 Å². The zero-order valence-electron chi connectivity index (χ0n) is 15.3. The van der Waals surface area contributed by atoms with Crippen molar-refractivity contribution in [3.63, 3.8) is 0 Å². The van der Waals surface area contributed by atoms with Crippen molar-refractivity contribution < 1.29 is 27.4 Å². The van der Waals surface area contributed by atoms with Gasteiger partial charge in [0.25, 0.3) is 10.0 Å². The Morgan fingerprint density at radius 3 is 2.37 bits per heavy atom. The van der Waals surface area contributed by atoms with Gasteiger partial charge in [0.2, 0.25) is 0 Å². The number of rotatable bonds is 8. The maximum Gasteiger partial charge on any atom is 0.337 e. The molecule has 144 valence electrons. The fraction of sp³-hybridized carbons (Fsp3) is 0.211. The van der Waals surface area contributed by atoms with E-state index in [4.69, 9.17) is 14.2 Å². The number of hydrogen-bond acceptors (Lipinski definition) is 6. The molecule has 0 fully saturated rings. The molecule has 7 nitrogen and oxygen atoms in total. The Hall–Kier alpha value is -3.00. The number of benzene rings is 2. The minimum absolute atomic E-state index is 0.0152. The molecule has 0 atom stereocenters. The number of hydrogen-bond donors (Lipinski definition) is 0. The first-order valence-electron chi connectivity index (χ1n) is 7.93. The predicted molar refractivity (Wildman–Crippen MR) is 102 cm³/mol. The highest BCUT2D eigenvalue weighted by atomic mass is 32.2. The Morgan fingerprint density at radius 2 is 1.78 bits per heavy atom. The van der Waals surface area contributed by atoms with Crippen LogP contribution in [0.5, 0.6) is 11.5 Å². The lowest BCUT2D eigenvalue weighted by atomic mass is 10.2. The molecule has 0 N–H and O–H groups in total. The van der Waals surface area contributed by atoms with Gasteiger partial charge in [-0.1, -0.05) is 12.1 Å². The topological polar surface area (TPSA) is 82.1 Å². The van der Waals surface area contributed by atoms with Gasteiger partial charge in [-0.05, 0) is 30.3 Å². The molecule has 0 aliphatic heterocycles. The van der Waals surface area contributed by atoms with Gasteiger partial charge in [0.15, 0.2) is 11.5 Å². The maximum absolute atomic E-state index is 13.2. The largest absolute Gasteiger partial charge is 0.493 e. The van der Waals surface area contributed by atoms with Crippen molar-refractivity contribution in [1.29, 1.82) is 0 Å². The molecule has 0 radical (unpaired) electrons. The number of anilines is 1.